The molecule has 0 saturated carbocycles. The number of nitrogens with zero attached hydrogens (tertiary/aromatic N) is 1. The summed E-state index contributed by atoms with van der Waals surface area (Å²) >= 11 is 0. The van der Waals surface area contributed by atoms with Crippen molar-refractivity contribution in [2.24, 2.45) is 4.99 Å². The van der Waals surface area contributed by atoms with Crippen LogP contribution in [0.15, 0.2) is 47.5 Å². The van der Waals surface area contributed by atoms with Crippen LogP contribution in [-0.4, -0.2) is 23.4 Å². The van der Waals surface area contributed by atoms with Gasteiger partial charge in [-0.05, 0) is 42.3 Å². The number of H-pyrrole nitrogens is 1. The summed E-state index contributed by atoms with van der Waals surface area (Å²) in [4.78, 5) is 7.39. The van der Waals surface area contributed by atoms with Crippen molar-refractivity contribution in [3.05, 3.63) is 53.6 Å². The molecule has 4 heteroatoms. The molecular formula is C18H18N2O2. The Hall–Kier alpha value is -2.75. The highest BCUT2D eigenvalue weighted by Crippen LogP contribution is 2.29. The zero-order chi connectivity index (χ0) is 15.5. The van der Waals surface area contributed by atoms with E-state index in [0.29, 0.717) is 5.56 Å². The van der Waals surface area contributed by atoms with Crippen LogP contribution in [0.5, 0.6) is 11.6 Å². The second kappa shape index (κ2) is 5.93. The predicted molar refractivity (Wildman–Crippen MR) is 89.6 cm³/mol. The molecule has 0 saturated heterocycles. The van der Waals surface area contributed by atoms with Crippen molar-refractivity contribution < 1.29 is 9.84 Å². The average Bonchev–Trinajstić information content (AvgIpc) is 2.87. The largest absolute Gasteiger partial charge is 0.497 e. The fourth-order valence-electron chi connectivity index (χ4n) is 2.39. The topological polar surface area (TPSA) is 57.6 Å². The first-order chi connectivity index (χ1) is 10.7. The van der Waals surface area contributed by atoms with Gasteiger partial charge in [0.05, 0.1) is 18.4 Å². The van der Waals surface area contributed by atoms with E-state index in [1.165, 1.54) is 5.56 Å². The second-order valence-electron chi connectivity index (χ2n) is 5.08. The number of aliphatic imine (C=N–C) groups is 1. The summed E-state index contributed by atoms with van der Waals surface area (Å²) in [7, 11) is 1.62. The van der Waals surface area contributed by atoms with Crippen molar-refractivity contribution in [3.63, 3.8) is 0 Å². The number of hydrogen-bond donors (Lipinski definition) is 2. The molecule has 4 nitrogen and oxygen atoms in total. The maximum absolute atomic E-state index is 10.1. The Labute approximate surface area is 129 Å². The number of nitrogens with one attached hydrogen (secondary N) is 1. The number of benzene rings is 2. The molecule has 0 aliphatic rings. The lowest BCUT2D eigenvalue weighted by Crippen LogP contribution is -1.83. The molecule has 0 unspecified atom stereocenters. The maximum atomic E-state index is 10.1. The van der Waals surface area contributed by atoms with Crippen LogP contribution in [0.4, 0.5) is 5.69 Å². The van der Waals surface area contributed by atoms with E-state index >= 15 is 0 Å². The summed E-state index contributed by atoms with van der Waals surface area (Å²) in [6.45, 7) is 2.12. The van der Waals surface area contributed by atoms with Crippen molar-refractivity contribution in [3.8, 4) is 11.6 Å². The van der Waals surface area contributed by atoms with Crippen LogP contribution < -0.4 is 4.74 Å². The fourth-order valence-corrected chi connectivity index (χ4v) is 2.39. The van der Waals surface area contributed by atoms with Gasteiger partial charge < -0.3 is 14.8 Å². The quantitative estimate of drug-likeness (QED) is 0.709. The molecule has 0 aliphatic carbocycles. The summed E-state index contributed by atoms with van der Waals surface area (Å²) in [5.74, 6) is 0.852. The molecular weight excluding hydrogens is 276 g/mol. The number of methoxy groups -OCH3 is 1. The lowest BCUT2D eigenvalue weighted by Gasteiger charge is -1.99. The molecule has 1 aromatic heterocycles. The minimum Gasteiger partial charge on any atom is -0.497 e. The van der Waals surface area contributed by atoms with Crippen molar-refractivity contribution in [1.29, 1.82) is 0 Å². The summed E-state index contributed by atoms with van der Waals surface area (Å²) in [5.41, 5.74) is 3.64. The lowest BCUT2D eigenvalue weighted by atomic mass is 10.1. The minimum absolute atomic E-state index is 0.109. The van der Waals surface area contributed by atoms with E-state index in [4.69, 9.17) is 4.74 Å². The maximum Gasteiger partial charge on any atom is 0.198 e. The molecule has 2 aromatic carbocycles. The molecule has 1 heterocycles. The summed E-state index contributed by atoms with van der Waals surface area (Å²) in [6, 6.07) is 13.7. The third kappa shape index (κ3) is 2.68. The smallest absolute Gasteiger partial charge is 0.198 e. The molecule has 0 fully saturated rings. The molecule has 0 radical (unpaired) electrons. The second-order valence-corrected chi connectivity index (χ2v) is 5.08. The average molecular weight is 294 g/mol. The number of rotatable bonds is 4. The number of hydrogen-bond acceptors (Lipinski definition) is 3. The SMILES string of the molecule is CCc1ccc(N=Cc2c(O)[nH]c3ccc(OC)cc23)cc1. The number of aromatic hydroxyl groups is 1. The third-order valence-electron chi connectivity index (χ3n) is 3.71. The van der Waals surface area contributed by atoms with Crippen LogP contribution in [0.1, 0.15) is 18.1 Å². The highest BCUT2D eigenvalue weighted by atomic mass is 16.5. The van der Waals surface area contributed by atoms with Gasteiger partial charge in [-0.15, -0.1) is 0 Å². The van der Waals surface area contributed by atoms with Crippen LogP contribution in [0.25, 0.3) is 10.9 Å². The monoisotopic (exact) mass is 294 g/mol. The zero-order valence-corrected chi connectivity index (χ0v) is 12.6. The summed E-state index contributed by atoms with van der Waals surface area (Å²) in [6.07, 6.45) is 2.68. The van der Waals surface area contributed by atoms with E-state index in [1.54, 1.807) is 13.3 Å². The van der Waals surface area contributed by atoms with E-state index in [2.05, 4.69) is 29.0 Å². The van der Waals surface area contributed by atoms with E-state index in [9.17, 15) is 5.11 Å². The van der Waals surface area contributed by atoms with Crippen LogP contribution in [0.2, 0.25) is 0 Å². The van der Waals surface area contributed by atoms with Gasteiger partial charge in [-0.2, -0.15) is 0 Å². The molecule has 22 heavy (non-hydrogen) atoms. The molecule has 3 rings (SSSR count). The Morgan fingerprint density at radius 3 is 2.64 bits per heavy atom. The van der Waals surface area contributed by atoms with Crippen molar-refractivity contribution in [2.45, 2.75) is 13.3 Å². The van der Waals surface area contributed by atoms with E-state index in [1.807, 2.05) is 30.3 Å². The van der Waals surface area contributed by atoms with Crippen LogP contribution in [-0.2, 0) is 6.42 Å². The van der Waals surface area contributed by atoms with E-state index < -0.39 is 0 Å². The van der Waals surface area contributed by atoms with E-state index in [-0.39, 0.29) is 5.88 Å². The Balaban J connectivity index is 1.98. The van der Waals surface area contributed by atoms with Gasteiger partial charge in [0.25, 0.3) is 0 Å². The van der Waals surface area contributed by atoms with Gasteiger partial charge in [-0.1, -0.05) is 19.1 Å². The third-order valence-corrected chi connectivity index (χ3v) is 3.71. The molecule has 0 aliphatic heterocycles. The highest BCUT2D eigenvalue weighted by Gasteiger charge is 2.09. The molecule has 3 aromatic rings. The van der Waals surface area contributed by atoms with Gasteiger partial charge in [0.15, 0.2) is 5.88 Å². The van der Waals surface area contributed by atoms with Gasteiger partial charge in [0, 0.05) is 17.1 Å². The first-order valence-electron chi connectivity index (χ1n) is 7.23. The van der Waals surface area contributed by atoms with Gasteiger partial charge in [0.2, 0.25) is 0 Å². The molecule has 112 valence electrons. The number of aromatic amines is 1. The van der Waals surface area contributed by atoms with Crippen molar-refractivity contribution in [1.82, 2.24) is 4.98 Å². The van der Waals surface area contributed by atoms with Gasteiger partial charge >= 0.3 is 0 Å². The Kier molecular flexibility index (Phi) is 3.83. The summed E-state index contributed by atoms with van der Waals surface area (Å²) < 4.78 is 5.23. The van der Waals surface area contributed by atoms with Gasteiger partial charge in [-0.3, -0.25) is 4.99 Å². The first-order valence-corrected chi connectivity index (χ1v) is 7.23. The van der Waals surface area contributed by atoms with Crippen LogP contribution in [0, 0.1) is 0 Å². The number of aryl methyl sites for hydroxylation is 1. The fraction of sp³-hybridized carbons (Fsp3) is 0.167. The Morgan fingerprint density at radius 1 is 1.18 bits per heavy atom. The number of aromatic nitrogens is 1. The van der Waals surface area contributed by atoms with Crippen LogP contribution >= 0.6 is 0 Å². The highest BCUT2D eigenvalue weighted by molar-refractivity contribution is 6.03. The molecule has 0 spiro atoms. The molecule has 0 atom stereocenters. The summed E-state index contributed by atoms with van der Waals surface area (Å²) in [5, 5.41) is 11.0. The molecule has 0 amide bonds. The standard InChI is InChI=1S/C18H18N2O2/c1-3-12-4-6-13(7-5-12)19-11-16-15-10-14(22-2)8-9-17(15)20-18(16)21/h4-11,20-21H,3H2,1-2H3. The molecule has 0 bridgehead atoms. The molecule has 2 N–H and O–H groups in total. The number of fused-ring (bicyclic) bond motifs is 1. The Bertz CT molecular complexity index is 817. The van der Waals surface area contributed by atoms with E-state index in [0.717, 1.165) is 28.8 Å². The van der Waals surface area contributed by atoms with Gasteiger partial charge in [-0.25, -0.2) is 0 Å². The normalized spacial score (nSPS) is 11.4. The minimum atomic E-state index is 0.109. The first kappa shape index (κ1) is 14.2. The lowest BCUT2D eigenvalue weighted by molar-refractivity contribution is 0.415. The Morgan fingerprint density at radius 2 is 1.95 bits per heavy atom. The predicted octanol–water partition coefficient (Wildman–Crippen LogP) is 4.20. The van der Waals surface area contributed by atoms with Gasteiger partial charge in [0.1, 0.15) is 5.75 Å². The van der Waals surface area contributed by atoms with Crippen LogP contribution in [0.3, 0.4) is 0 Å². The van der Waals surface area contributed by atoms with Crippen molar-refractivity contribution >= 4 is 22.8 Å². The zero-order valence-electron chi connectivity index (χ0n) is 12.6. The van der Waals surface area contributed by atoms with Crippen molar-refractivity contribution in [2.75, 3.05) is 7.11 Å². The number of ether oxygens (including phenoxy) is 1.